The van der Waals surface area contributed by atoms with Crippen LogP contribution in [-0.4, -0.2) is 34.4 Å². The fourth-order valence-electron chi connectivity index (χ4n) is 1.53. The molecular formula is C13H20N2O2S. The highest BCUT2D eigenvalue weighted by Gasteiger charge is 2.09. The Morgan fingerprint density at radius 2 is 2.33 bits per heavy atom. The number of amides is 1. The van der Waals surface area contributed by atoms with Gasteiger partial charge in [0, 0.05) is 18.3 Å². The Morgan fingerprint density at radius 1 is 1.56 bits per heavy atom. The van der Waals surface area contributed by atoms with Crippen molar-refractivity contribution in [1.82, 2.24) is 10.3 Å². The molecule has 1 aromatic rings. The van der Waals surface area contributed by atoms with E-state index in [0.717, 1.165) is 17.2 Å². The molecule has 1 aromatic heterocycles. The van der Waals surface area contributed by atoms with Gasteiger partial charge in [-0.3, -0.25) is 4.79 Å². The van der Waals surface area contributed by atoms with Crippen LogP contribution >= 0.6 is 11.8 Å². The average molecular weight is 268 g/mol. The summed E-state index contributed by atoms with van der Waals surface area (Å²) in [6.45, 7) is 4.34. The van der Waals surface area contributed by atoms with Gasteiger partial charge in [-0.1, -0.05) is 20.3 Å². The van der Waals surface area contributed by atoms with Crippen LogP contribution in [0.1, 0.15) is 37.0 Å². The summed E-state index contributed by atoms with van der Waals surface area (Å²) in [4.78, 5) is 16.0. The minimum absolute atomic E-state index is 0.162. The number of hydrogen-bond acceptors (Lipinski definition) is 4. The van der Waals surface area contributed by atoms with Gasteiger partial charge in [0.05, 0.1) is 11.1 Å². The molecule has 0 fully saturated rings. The second-order valence-corrected chi connectivity index (χ2v) is 5.25. The highest BCUT2D eigenvalue weighted by molar-refractivity contribution is 7.99. The van der Waals surface area contributed by atoms with Gasteiger partial charge in [-0.25, -0.2) is 4.98 Å². The first-order valence-electron chi connectivity index (χ1n) is 6.22. The predicted octanol–water partition coefficient (Wildman–Crippen LogP) is 2.08. The molecule has 1 amide bonds. The van der Waals surface area contributed by atoms with Crippen molar-refractivity contribution in [2.45, 2.75) is 37.8 Å². The second-order valence-electron chi connectivity index (χ2n) is 3.97. The second kappa shape index (κ2) is 8.11. The van der Waals surface area contributed by atoms with Crippen LogP contribution in [-0.2, 0) is 0 Å². The molecule has 1 rings (SSSR count). The van der Waals surface area contributed by atoms with E-state index in [1.165, 1.54) is 0 Å². The zero-order chi connectivity index (χ0) is 13.4. The lowest BCUT2D eigenvalue weighted by Crippen LogP contribution is -2.32. The van der Waals surface area contributed by atoms with Crippen molar-refractivity contribution >= 4 is 17.7 Å². The van der Waals surface area contributed by atoms with Crippen LogP contribution < -0.4 is 5.32 Å². The lowest BCUT2D eigenvalue weighted by atomic mass is 10.2. The fraction of sp³-hybridized carbons (Fsp3) is 0.538. The van der Waals surface area contributed by atoms with Gasteiger partial charge in [0.2, 0.25) is 0 Å². The van der Waals surface area contributed by atoms with Crippen LogP contribution in [0, 0.1) is 0 Å². The van der Waals surface area contributed by atoms with E-state index >= 15 is 0 Å². The van der Waals surface area contributed by atoms with Crippen LogP contribution in [0.4, 0.5) is 0 Å². The minimum Gasteiger partial charge on any atom is -0.391 e. The summed E-state index contributed by atoms with van der Waals surface area (Å²) in [5, 5.41) is 13.1. The molecule has 4 nitrogen and oxygen atoms in total. The summed E-state index contributed by atoms with van der Waals surface area (Å²) in [5.41, 5.74) is 0.588. The zero-order valence-electron chi connectivity index (χ0n) is 10.8. The van der Waals surface area contributed by atoms with Crippen molar-refractivity contribution in [3.8, 4) is 0 Å². The predicted molar refractivity (Wildman–Crippen MR) is 73.9 cm³/mol. The number of nitrogens with zero attached hydrogens (tertiary/aromatic N) is 1. The SMILES string of the molecule is CCCC(O)CNC(=O)c1ccnc(SCC)c1. The molecule has 0 bridgehead atoms. The van der Waals surface area contributed by atoms with E-state index in [9.17, 15) is 9.90 Å². The minimum atomic E-state index is -0.467. The van der Waals surface area contributed by atoms with E-state index in [0.29, 0.717) is 18.5 Å². The van der Waals surface area contributed by atoms with Gasteiger partial charge in [0.1, 0.15) is 0 Å². The number of rotatable bonds is 7. The van der Waals surface area contributed by atoms with E-state index in [1.807, 2.05) is 13.8 Å². The molecule has 1 heterocycles. The van der Waals surface area contributed by atoms with Gasteiger partial charge in [-0.2, -0.15) is 0 Å². The van der Waals surface area contributed by atoms with E-state index in [-0.39, 0.29) is 5.91 Å². The van der Waals surface area contributed by atoms with Gasteiger partial charge in [-0.05, 0) is 24.3 Å². The number of hydrogen-bond donors (Lipinski definition) is 2. The Bertz CT molecular complexity index is 385. The van der Waals surface area contributed by atoms with Crippen molar-refractivity contribution in [3.63, 3.8) is 0 Å². The van der Waals surface area contributed by atoms with Crippen molar-refractivity contribution < 1.29 is 9.90 Å². The van der Waals surface area contributed by atoms with E-state index in [1.54, 1.807) is 30.1 Å². The Balaban J connectivity index is 2.53. The molecule has 100 valence electrons. The quantitative estimate of drug-likeness (QED) is 0.743. The molecule has 0 aromatic carbocycles. The first-order chi connectivity index (χ1) is 8.67. The molecule has 0 aliphatic carbocycles. The van der Waals surface area contributed by atoms with Crippen molar-refractivity contribution in [2.24, 2.45) is 0 Å². The summed E-state index contributed by atoms with van der Waals surface area (Å²) < 4.78 is 0. The number of carbonyl (C=O) groups excluding carboxylic acids is 1. The molecule has 18 heavy (non-hydrogen) atoms. The number of nitrogens with one attached hydrogen (secondary N) is 1. The van der Waals surface area contributed by atoms with Gasteiger partial charge >= 0.3 is 0 Å². The fourth-order valence-corrected chi connectivity index (χ4v) is 2.17. The Hall–Kier alpha value is -1.07. The Labute approximate surface area is 112 Å². The Kier molecular flexibility index (Phi) is 6.75. The van der Waals surface area contributed by atoms with Crippen LogP contribution in [0.3, 0.4) is 0 Å². The largest absolute Gasteiger partial charge is 0.391 e. The van der Waals surface area contributed by atoms with E-state index in [2.05, 4.69) is 10.3 Å². The first-order valence-corrected chi connectivity index (χ1v) is 7.21. The number of aliphatic hydroxyl groups is 1. The molecule has 0 aliphatic heterocycles. The molecule has 5 heteroatoms. The third-order valence-electron chi connectivity index (χ3n) is 2.41. The summed E-state index contributed by atoms with van der Waals surface area (Å²) in [6.07, 6.45) is 2.78. The maximum atomic E-state index is 11.9. The van der Waals surface area contributed by atoms with Crippen LogP contribution in [0.2, 0.25) is 0 Å². The van der Waals surface area contributed by atoms with E-state index < -0.39 is 6.10 Å². The summed E-state index contributed by atoms with van der Waals surface area (Å²) >= 11 is 1.60. The molecule has 0 aliphatic rings. The number of aromatic nitrogens is 1. The maximum Gasteiger partial charge on any atom is 0.251 e. The van der Waals surface area contributed by atoms with Crippen molar-refractivity contribution in [2.75, 3.05) is 12.3 Å². The van der Waals surface area contributed by atoms with Gasteiger partial charge < -0.3 is 10.4 Å². The van der Waals surface area contributed by atoms with Gasteiger partial charge in [0.15, 0.2) is 0 Å². The average Bonchev–Trinajstić information content (AvgIpc) is 2.37. The van der Waals surface area contributed by atoms with Crippen LogP contribution in [0.15, 0.2) is 23.4 Å². The maximum absolute atomic E-state index is 11.9. The molecule has 1 atom stereocenters. The first kappa shape index (κ1) is 15.0. The zero-order valence-corrected chi connectivity index (χ0v) is 11.7. The summed E-state index contributed by atoms with van der Waals surface area (Å²) in [7, 11) is 0. The highest BCUT2D eigenvalue weighted by atomic mass is 32.2. The summed E-state index contributed by atoms with van der Waals surface area (Å²) in [6, 6.07) is 3.46. The number of carbonyl (C=O) groups is 1. The molecule has 0 spiro atoms. The normalized spacial score (nSPS) is 12.2. The monoisotopic (exact) mass is 268 g/mol. The molecule has 0 radical (unpaired) electrons. The number of thioether (sulfide) groups is 1. The third kappa shape index (κ3) is 5.06. The smallest absolute Gasteiger partial charge is 0.251 e. The van der Waals surface area contributed by atoms with E-state index in [4.69, 9.17) is 0 Å². The highest BCUT2D eigenvalue weighted by Crippen LogP contribution is 2.15. The number of aliphatic hydroxyl groups excluding tert-OH is 1. The van der Waals surface area contributed by atoms with Gasteiger partial charge in [-0.15, -0.1) is 11.8 Å². The lowest BCUT2D eigenvalue weighted by Gasteiger charge is -2.10. The third-order valence-corrected chi connectivity index (χ3v) is 3.22. The molecule has 0 saturated carbocycles. The standard InChI is InChI=1S/C13H20N2O2S/c1-3-5-11(16)9-15-13(17)10-6-7-14-12(8-10)18-4-2/h6-8,11,16H,3-5,9H2,1-2H3,(H,15,17). The number of pyridine rings is 1. The van der Waals surface area contributed by atoms with Crippen molar-refractivity contribution in [1.29, 1.82) is 0 Å². The topological polar surface area (TPSA) is 62.2 Å². The van der Waals surface area contributed by atoms with Gasteiger partial charge in [0.25, 0.3) is 5.91 Å². The molecule has 0 saturated heterocycles. The van der Waals surface area contributed by atoms with Crippen LogP contribution in [0.5, 0.6) is 0 Å². The van der Waals surface area contributed by atoms with Crippen molar-refractivity contribution in [3.05, 3.63) is 23.9 Å². The lowest BCUT2D eigenvalue weighted by molar-refractivity contribution is 0.0909. The molecule has 2 N–H and O–H groups in total. The molecule has 1 unspecified atom stereocenters. The van der Waals surface area contributed by atoms with Crippen LogP contribution in [0.25, 0.3) is 0 Å². The Morgan fingerprint density at radius 3 is 3.00 bits per heavy atom. The summed E-state index contributed by atoms with van der Waals surface area (Å²) in [5.74, 6) is 0.762. The molecular weight excluding hydrogens is 248 g/mol.